The molecule has 3 fully saturated rings. The van der Waals surface area contributed by atoms with Crippen LogP contribution in [0.25, 0.3) is 11.3 Å². The molecule has 3 saturated heterocycles. The molecule has 2 bridgehead atoms. The van der Waals surface area contributed by atoms with E-state index in [4.69, 9.17) is 4.74 Å². The van der Waals surface area contributed by atoms with E-state index in [-0.39, 0.29) is 11.8 Å². The summed E-state index contributed by atoms with van der Waals surface area (Å²) in [6, 6.07) is 10.6. The highest BCUT2D eigenvalue weighted by Gasteiger charge is 2.43. The number of ether oxygens (including phenoxy) is 1. The van der Waals surface area contributed by atoms with E-state index in [2.05, 4.69) is 20.5 Å². The zero-order valence-corrected chi connectivity index (χ0v) is 15.8. The first-order valence-electron chi connectivity index (χ1n) is 9.71. The lowest BCUT2D eigenvalue weighted by Crippen LogP contribution is -2.58. The van der Waals surface area contributed by atoms with Crippen LogP contribution < -0.4 is 5.32 Å². The van der Waals surface area contributed by atoms with Crippen molar-refractivity contribution in [2.24, 2.45) is 11.8 Å². The van der Waals surface area contributed by atoms with Crippen LogP contribution in [-0.4, -0.2) is 65.2 Å². The van der Waals surface area contributed by atoms with Crippen molar-refractivity contribution < 1.29 is 9.53 Å². The molecule has 144 valence electrons. The molecule has 0 saturated carbocycles. The fourth-order valence-electron chi connectivity index (χ4n) is 4.38. The summed E-state index contributed by atoms with van der Waals surface area (Å²) in [7, 11) is 1.65. The summed E-state index contributed by atoms with van der Waals surface area (Å²) < 4.78 is 6.96. The number of aromatic nitrogens is 3. The molecular weight excluding hydrogens is 342 g/mol. The van der Waals surface area contributed by atoms with E-state index in [0.29, 0.717) is 25.1 Å². The van der Waals surface area contributed by atoms with Crippen LogP contribution in [0, 0.1) is 11.8 Å². The molecule has 3 aliphatic rings. The van der Waals surface area contributed by atoms with Crippen molar-refractivity contribution >= 4 is 5.91 Å². The molecule has 1 unspecified atom stereocenters. The van der Waals surface area contributed by atoms with E-state index >= 15 is 0 Å². The third-order valence-electron chi connectivity index (χ3n) is 5.83. The third kappa shape index (κ3) is 4.04. The predicted molar refractivity (Wildman–Crippen MR) is 102 cm³/mol. The van der Waals surface area contributed by atoms with Crippen molar-refractivity contribution in [3.63, 3.8) is 0 Å². The van der Waals surface area contributed by atoms with Crippen molar-refractivity contribution in [1.29, 1.82) is 0 Å². The molecule has 1 aromatic carbocycles. The van der Waals surface area contributed by atoms with Gasteiger partial charge in [0.05, 0.1) is 25.3 Å². The molecule has 0 radical (unpaired) electrons. The minimum absolute atomic E-state index is 0.0995. The molecule has 2 aromatic rings. The Morgan fingerprint density at radius 3 is 2.93 bits per heavy atom. The summed E-state index contributed by atoms with van der Waals surface area (Å²) in [5, 5.41) is 11.6. The number of rotatable bonds is 7. The fraction of sp³-hybridized carbons (Fsp3) is 0.550. The van der Waals surface area contributed by atoms with E-state index in [1.54, 1.807) is 7.11 Å². The third-order valence-corrected chi connectivity index (χ3v) is 5.83. The Morgan fingerprint density at radius 1 is 1.33 bits per heavy atom. The standard InChI is InChI=1S/C20H27N5O2/c1-27-10-8-21-20(26)18-13-24-9-7-16(18)11-17(24)12-25-14-19(22-23-25)15-5-3-2-4-6-15/h2-6,14,16-18H,7-13H2,1H3,(H,21,26)/t16-,17+,18+/m0/s1. The average Bonchev–Trinajstić information content (AvgIpc) is 3.18. The molecule has 0 aliphatic carbocycles. The van der Waals surface area contributed by atoms with Gasteiger partial charge in [0.15, 0.2) is 0 Å². The molecule has 1 amide bonds. The van der Waals surface area contributed by atoms with Gasteiger partial charge in [-0.2, -0.15) is 0 Å². The number of nitrogens with one attached hydrogen (secondary N) is 1. The number of amides is 1. The Hall–Kier alpha value is -2.25. The normalized spacial score (nSPS) is 26.9. The van der Waals surface area contributed by atoms with Gasteiger partial charge >= 0.3 is 0 Å². The van der Waals surface area contributed by atoms with Crippen molar-refractivity contribution in [2.75, 3.05) is 33.4 Å². The first kappa shape index (κ1) is 18.1. The number of carbonyl (C=O) groups excluding carboxylic acids is 1. The van der Waals surface area contributed by atoms with Crippen LogP contribution in [0.3, 0.4) is 0 Å². The number of piperidine rings is 3. The molecular formula is C20H27N5O2. The van der Waals surface area contributed by atoms with Gasteiger partial charge < -0.3 is 10.1 Å². The van der Waals surface area contributed by atoms with Gasteiger partial charge in [0.25, 0.3) is 0 Å². The highest BCUT2D eigenvalue weighted by molar-refractivity contribution is 5.79. The van der Waals surface area contributed by atoms with Crippen LogP contribution in [0.4, 0.5) is 0 Å². The largest absolute Gasteiger partial charge is 0.383 e. The summed E-state index contributed by atoms with van der Waals surface area (Å²) >= 11 is 0. The van der Waals surface area contributed by atoms with Crippen LogP contribution in [0.5, 0.6) is 0 Å². The lowest BCUT2D eigenvalue weighted by Gasteiger charge is -2.49. The number of fused-ring (bicyclic) bond motifs is 3. The predicted octanol–water partition coefficient (Wildman–Crippen LogP) is 1.42. The molecule has 1 aromatic heterocycles. The average molecular weight is 369 g/mol. The number of benzene rings is 1. The van der Waals surface area contributed by atoms with Crippen molar-refractivity contribution in [3.05, 3.63) is 36.5 Å². The smallest absolute Gasteiger partial charge is 0.224 e. The quantitative estimate of drug-likeness (QED) is 0.748. The zero-order valence-electron chi connectivity index (χ0n) is 15.8. The Labute approximate surface area is 159 Å². The second-order valence-electron chi connectivity index (χ2n) is 7.52. The molecule has 4 atom stereocenters. The van der Waals surface area contributed by atoms with Crippen molar-refractivity contribution in [1.82, 2.24) is 25.2 Å². The molecule has 3 aliphatic heterocycles. The van der Waals surface area contributed by atoms with Gasteiger partial charge in [-0.15, -0.1) is 5.10 Å². The SMILES string of the molecule is COCCNC(=O)[C@@H]1CN2CC[C@H]1C[C@@H]2Cn1cc(-c2ccccc2)nn1. The molecule has 27 heavy (non-hydrogen) atoms. The highest BCUT2D eigenvalue weighted by Crippen LogP contribution is 2.37. The van der Waals surface area contributed by atoms with Gasteiger partial charge in [-0.25, -0.2) is 0 Å². The van der Waals surface area contributed by atoms with Crippen LogP contribution in [0.15, 0.2) is 36.5 Å². The topological polar surface area (TPSA) is 72.3 Å². The van der Waals surface area contributed by atoms with Gasteiger partial charge in [0, 0.05) is 31.8 Å². The van der Waals surface area contributed by atoms with E-state index in [1.165, 1.54) is 0 Å². The summed E-state index contributed by atoms with van der Waals surface area (Å²) in [5.41, 5.74) is 1.99. The first-order chi connectivity index (χ1) is 13.2. The monoisotopic (exact) mass is 369 g/mol. The second kappa shape index (κ2) is 8.19. The maximum atomic E-state index is 12.5. The highest BCUT2D eigenvalue weighted by atomic mass is 16.5. The number of hydrogen-bond donors (Lipinski definition) is 1. The number of nitrogens with zero attached hydrogens (tertiary/aromatic N) is 4. The number of hydrogen-bond acceptors (Lipinski definition) is 5. The van der Waals surface area contributed by atoms with Gasteiger partial charge in [-0.1, -0.05) is 35.5 Å². The lowest BCUT2D eigenvalue weighted by atomic mass is 9.75. The van der Waals surface area contributed by atoms with Gasteiger partial charge in [-0.05, 0) is 25.3 Å². The minimum Gasteiger partial charge on any atom is -0.383 e. The number of methoxy groups -OCH3 is 1. The Balaban J connectivity index is 1.36. The summed E-state index contributed by atoms with van der Waals surface area (Å²) in [5.74, 6) is 0.731. The maximum absolute atomic E-state index is 12.5. The van der Waals surface area contributed by atoms with Crippen LogP contribution in [-0.2, 0) is 16.1 Å². The van der Waals surface area contributed by atoms with Crippen molar-refractivity contribution in [2.45, 2.75) is 25.4 Å². The van der Waals surface area contributed by atoms with Crippen molar-refractivity contribution in [3.8, 4) is 11.3 Å². The molecule has 1 N–H and O–H groups in total. The summed E-state index contributed by atoms with van der Waals surface area (Å²) in [6.45, 7) is 3.88. The van der Waals surface area contributed by atoms with E-state index in [1.807, 2.05) is 41.2 Å². The molecule has 4 heterocycles. The van der Waals surface area contributed by atoms with E-state index in [0.717, 1.165) is 43.7 Å². The second-order valence-corrected chi connectivity index (χ2v) is 7.52. The first-order valence-corrected chi connectivity index (χ1v) is 9.71. The summed E-state index contributed by atoms with van der Waals surface area (Å²) in [6.07, 6.45) is 4.17. The molecule has 7 heteroatoms. The van der Waals surface area contributed by atoms with Crippen LogP contribution in [0.1, 0.15) is 12.8 Å². The molecule has 5 rings (SSSR count). The van der Waals surface area contributed by atoms with Gasteiger partial charge in [0.2, 0.25) is 5.91 Å². The molecule has 7 nitrogen and oxygen atoms in total. The van der Waals surface area contributed by atoms with Gasteiger partial charge in [0.1, 0.15) is 5.69 Å². The fourth-order valence-corrected chi connectivity index (χ4v) is 4.38. The number of carbonyl (C=O) groups is 1. The summed E-state index contributed by atoms with van der Waals surface area (Å²) in [4.78, 5) is 14.9. The zero-order chi connectivity index (χ0) is 18.6. The van der Waals surface area contributed by atoms with E-state index in [9.17, 15) is 4.79 Å². The van der Waals surface area contributed by atoms with Crippen LogP contribution in [0.2, 0.25) is 0 Å². The van der Waals surface area contributed by atoms with Gasteiger partial charge in [-0.3, -0.25) is 14.4 Å². The Morgan fingerprint density at radius 2 is 2.19 bits per heavy atom. The minimum atomic E-state index is 0.0995. The lowest BCUT2D eigenvalue weighted by molar-refractivity contribution is -0.133. The molecule has 0 spiro atoms. The van der Waals surface area contributed by atoms with Crippen LogP contribution >= 0.6 is 0 Å². The Bertz CT molecular complexity index is 763. The van der Waals surface area contributed by atoms with E-state index < -0.39 is 0 Å². The maximum Gasteiger partial charge on any atom is 0.224 e. The Kier molecular flexibility index (Phi) is 5.50.